The molecule has 6 heteroatoms. The highest BCUT2D eigenvalue weighted by Crippen LogP contribution is 2.55. The highest BCUT2D eigenvalue weighted by atomic mass is 16.7. The van der Waals surface area contributed by atoms with Crippen LogP contribution in [-0.2, 0) is 10.2 Å². The van der Waals surface area contributed by atoms with Gasteiger partial charge in [-0.15, -0.1) is 0 Å². The molecule has 178 valence electrons. The number of carbonyl (C=O) groups excluding carboxylic acids is 1. The molecule has 0 bridgehead atoms. The predicted molar refractivity (Wildman–Crippen MR) is 129 cm³/mol. The summed E-state index contributed by atoms with van der Waals surface area (Å²) >= 11 is 0. The number of nitrogens with zero attached hydrogens (tertiary/aromatic N) is 2. The first-order valence-electron chi connectivity index (χ1n) is 13.0. The van der Waals surface area contributed by atoms with Crippen LogP contribution in [-0.4, -0.2) is 49.9 Å². The molecule has 5 aliphatic rings. The summed E-state index contributed by atoms with van der Waals surface area (Å²) in [6.45, 7) is 3.66. The van der Waals surface area contributed by atoms with Gasteiger partial charge in [0, 0.05) is 29.9 Å². The molecule has 1 unspecified atom stereocenters. The van der Waals surface area contributed by atoms with Crippen LogP contribution in [0.15, 0.2) is 36.4 Å². The fourth-order valence-electron chi connectivity index (χ4n) is 6.95. The van der Waals surface area contributed by atoms with E-state index in [4.69, 9.17) is 14.2 Å². The van der Waals surface area contributed by atoms with E-state index < -0.39 is 5.41 Å². The third-order valence-corrected chi connectivity index (χ3v) is 8.82. The number of carbonyl (C=O) groups is 1. The Bertz CT molecular complexity index is 1120. The third kappa shape index (κ3) is 3.00. The Hall–Kier alpha value is -2.73. The van der Waals surface area contributed by atoms with Crippen molar-refractivity contribution in [3.05, 3.63) is 47.5 Å². The van der Waals surface area contributed by atoms with Gasteiger partial charge in [0.05, 0.1) is 0 Å². The van der Waals surface area contributed by atoms with Crippen molar-refractivity contribution in [1.29, 1.82) is 0 Å². The van der Waals surface area contributed by atoms with Crippen molar-refractivity contribution >= 4 is 11.6 Å². The summed E-state index contributed by atoms with van der Waals surface area (Å²) in [6.07, 6.45) is 9.24. The smallest absolute Gasteiger partial charge is 0.245 e. The summed E-state index contributed by atoms with van der Waals surface area (Å²) < 4.78 is 17.3. The van der Waals surface area contributed by atoms with Crippen molar-refractivity contribution in [2.24, 2.45) is 5.92 Å². The normalized spacial score (nSPS) is 26.7. The number of fused-ring (bicyclic) bond motifs is 5. The van der Waals surface area contributed by atoms with Gasteiger partial charge >= 0.3 is 0 Å². The molecule has 1 saturated heterocycles. The predicted octanol–water partition coefficient (Wildman–Crippen LogP) is 4.49. The quantitative estimate of drug-likeness (QED) is 0.676. The van der Waals surface area contributed by atoms with Crippen molar-refractivity contribution in [2.75, 3.05) is 37.9 Å². The first-order valence-corrected chi connectivity index (χ1v) is 13.0. The van der Waals surface area contributed by atoms with E-state index in [0.29, 0.717) is 24.0 Å². The van der Waals surface area contributed by atoms with E-state index in [1.54, 1.807) is 0 Å². The summed E-state index contributed by atoms with van der Waals surface area (Å²) in [5, 5.41) is 0. The van der Waals surface area contributed by atoms with Gasteiger partial charge in [0.25, 0.3) is 0 Å². The van der Waals surface area contributed by atoms with Crippen LogP contribution in [0, 0.1) is 5.92 Å². The number of ether oxygens (including phenoxy) is 3. The fourth-order valence-corrected chi connectivity index (χ4v) is 6.95. The number of rotatable bonds is 3. The second-order valence-corrected chi connectivity index (χ2v) is 10.6. The highest BCUT2D eigenvalue weighted by Gasteiger charge is 2.57. The molecular formula is C28H32N2O4. The maximum Gasteiger partial charge on any atom is 0.245 e. The van der Waals surface area contributed by atoms with Crippen molar-refractivity contribution in [3.63, 3.8) is 0 Å². The Kier molecular flexibility index (Phi) is 4.80. The van der Waals surface area contributed by atoms with Gasteiger partial charge in [-0.1, -0.05) is 37.5 Å². The van der Waals surface area contributed by atoms with E-state index in [-0.39, 0.29) is 12.7 Å². The molecule has 7 rings (SSSR count). The van der Waals surface area contributed by atoms with E-state index in [0.717, 1.165) is 35.2 Å². The number of benzene rings is 2. The fraction of sp³-hybridized carbons (Fsp3) is 0.536. The number of anilines is 1. The lowest BCUT2D eigenvalue weighted by atomic mass is 9.77. The van der Waals surface area contributed by atoms with Gasteiger partial charge in [-0.2, -0.15) is 0 Å². The number of hydrogen-bond donors (Lipinski definition) is 0. The van der Waals surface area contributed by atoms with E-state index in [1.165, 1.54) is 58.0 Å². The van der Waals surface area contributed by atoms with Gasteiger partial charge < -0.3 is 24.0 Å². The lowest BCUT2D eigenvalue weighted by Gasteiger charge is -2.40. The number of para-hydroxylation sites is 1. The minimum absolute atomic E-state index is 0.140. The van der Waals surface area contributed by atoms with Gasteiger partial charge in [-0.3, -0.25) is 4.79 Å². The topological polar surface area (TPSA) is 51.2 Å². The number of amides is 1. The number of likely N-dealkylation sites (tertiary alicyclic amines) is 1. The first-order chi connectivity index (χ1) is 16.7. The van der Waals surface area contributed by atoms with Crippen LogP contribution in [0.4, 0.5) is 5.69 Å². The minimum atomic E-state index is -0.796. The molecule has 1 saturated carbocycles. The molecule has 0 N–H and O–H groups in total. The number of piperidine rings is 1. The van der Waals surface area contributed by atoms with Gasteiger partial charge in [-0.25, -0.2) is 0 Å². The number of hydrogen-bond acceptors (Lipinski definition) is 5. The zero-order valence-electron chi connectivity index (χ0n) is 19.6. The summed E-state index contributed by atoms with van der Waals surface area (Å²) in [5.41, 5.74) is 2.20. The standard InChI is InChI=1S/C28H32N2O4/c31-27-28(17-32-24-15-26-25(14-22(24)28)33-18-34-26)21-8-4-5-9-23(21)30(27)16-19-10-12-29(13-11-19)20-6-2-1-3-7-20/h4-5,8-9,14-15,19-20H,1-3,6-7,10-13,16-18H2. The molecule has 4 heterocycles. The van der Waals surface area contributed by atoms with Crippen LogP contribution in [0.1, 0.15) is 56.1 Å². The van der Waals surface area contributed by atoms with E-state index in [2.05, 4.69) is 21.9 Å². The molecule has 6 nitrogen and oxygen atoms in total. The summed E-state index contributed by atoms with van der Waals surface area (Å²) in [7, 11) is 0. The molecule has 0 aromatic heterocycles. The molecule has 2 aromatic carbocycles. The second kappa shape index (κ2) is 7.91. The molecule has 2 aromatic rings. The van der Waals surface area contributed by atoms with Crippen LogP contribution >= 0.6 is 0 Å². The molecule has 1 amide bonds. The molecule has 4 aliphatic heterocycles. The Morgan fingerprint density at radius 2 is 1.62 bits per heavy atom. The lowest BCUT2D eigenvalue weighted by Crippen LogP contribution is -2.47. The van der Waals surface area contributed by atoms with E-state index in [9.17, 15) is 4.79 Å². The average Bonchev–Trinajstić information content (AvgIpc) is 3.56. The second-order valence-electron chi connectivity index (χ2n) is 10.6. The first kappa shape index (κ1) is 20.6. The van der Waals surface area contributed by atoms with Crippen LogP contribution in [0.2, 0.25) is 0 Å². The van der Waals surface area contributed by atoms with Crippen LogP contribution < -0.4 is 19.1 Å². The molecule has 1 atom stereocenters. The van der Waals surface area contributed by atoms with Gasteiger partial charge in [0.15, 0.2) is 11.5 Å². The summed E-state index contributed by atoms with van der Waals surface area (Å²) in [6, 6.07) is 12.9. The maximum absolute atomic E-state index is 14.2. The highest BCUT2D eigenvalue weighted by molar-refractivity contribution is 6.11. The Balaban J connectivity index is 1.15. The van der Waals surface area contributed by atoms with Crippen molar-refractivity contribution in [2.45, 2.75) is 56.4 Å². The van der Waals surface area contributed by atoms with Crippen molar-refractivity contribution in [1.82, 2.24) is 4.90 Å². The summed E-state index contributed by atoms with van der Waals surface area (Å²) in [5.74, 6) is 2.79. The third-order valence-electron chi connectivity index (χ3n) is 8.82. The Morgan fingerprint density at radius 3 is 2.44 bits per heavy atom. The lowest BCUT2D eigenvalue weighted by molar-refractivity contribution is -0.122. The Labute approximate surface area is 200 Å². The Morgan fingerprint density at radius 1 is 0.853 bits per heavy atom. The zero-order valence-corrected chi connectivity index (χ0v) is 19.6. The zero-order chi connectivity index (χ0) is 22.7. The minimum Gasteiger partial charge on any atom is -0.491 e. The van der Waals surface area contributed by atoms with Crippen LogP contribution in [0.3, 0.4) is 0 Å². The van der Waals surface area contributed by atoms with Gasteiger partial charge in [-0.05, 0) is 62.4 Å². The molecule has 1 aliphatic carbocycles. The molecule has 1 spiro atoms. The monoisotopic (exact) mass is 460 g/mol. The molecule has 2 fully saturated rings. The van der Waals surface area contributed by atoms with Crippen molar-refractivity contribution in [3.8, 4) is 17.2 Å². The summed E-state index contributed by atoms with van der Waals surface area (Å²) in [4.78, 5) is 19.0. The van der Waals surface area contributed by atoms with Gasteiger partial charge in [0.2, 0.25) is 12.7 Å². The SMILES string of the molecule is O=C1N(CC2CCN(C3CCCCC3)CC2)c2ccccc2C12COc1cc3c(cc12)OCO3. The van der Waals surface area contributed by atoms with Crippen LogP contribution in [0.25, 0.3) is 0 Å². The van der Waals surface area contributed by atoms with E-state index >= 15 is 0 Å². The van der Waals surface area contributed by atoms with Crippen molar-refractivity contribution < 1.29 is 19.0 Å². The maximum atomic E-state index is 14.2. The van der Waals surface area contributed by atoms with Gasteiger partial charge in [0.1, 0.15) is 17.8 Å². The average molecular weight is 461 g/mol. The molecule has 34 heavy (non-hydrogen) atoms. The molecule has 0 radical (unpaired) electrons. The van der Waals surface area contributed by atoms with Crippen LogP contribution in [0.5, 0.6) is 17.2 Å². The van der Waals surface area contributed by atoms with E-state index in [1.807, 2.05) is 24.3 Å². The largest absolute Gasteiger partial charge is 0.491 e. The molecular weight excluding hydrogens is 428 g/mol.